The van der Waals surface area contributed by atoms with E-state index < -0.39 is 9.84 Å². The van der Waals surface area contributed by atoms with E-state index >= 15 is 0 Å². The number of hydrogen-bond donors (Lipinski definition) is 2. The van der Waals surface area contributed by atoms with Crippen LogP contribution < -0.4 is 10.6 Å². The summed E-state index contributed by atoms with van der Waals surface area (Å²) in [6, 6.07) is 0.0111. The minimum Gasteiger partial charge on any atom is -0.356 e. The van der Waals surface area contributed by atoms with E-state index in [2.05, 4.69) is 22.5 Å². The van der Waals surface area contributed by atoms with Gasteiger partial charge in [0.05, 0.1) is 11.5 Å². The van der Waals surface area contributed by atoms with E-state index in [0.717, 1.165) is 24.3 Å². The highest BCUT2D eigenvalue weighted by Gasteiger charge is 2.28. The fraction of sp³-hybridized carbons (Fsp3) is 0.933. The fourth-order valence-electron chi connectivity index (χ4n) is 3.38. The van der Waals surface area contributed by atoms with Crippen LogP contribution in [0.4, 0.5) is 0 Å². The van der Waals surface area contributed by atoms with Gasteiger partial charge in [-0.25, -0.2) is 8.42 Å². The summed E-state index contributed by atoms with van der Waals surface area (Å²) in [5, 5.41) is 6.61. The first-order valence-electron chi connectivity index (χ1n) is 8.20. The van der Waals surface area contributed by atoms with Crippen molar-refractivity contribution in [1.29, 1.82) is 0 Å². The third kappa shape index (κ3) is 6.22. The summed E-state index contributed by atoms with van der Waals surface area (Å²) in [5.41, 5.74) is 0. The minimum atomic E-state index is -2.84. The van der Waals surface area contributed by atoms with Crippen molar-refractivity contribution in [2.24, 2.45) is 16.8 Å². The molecule has 1 unspecified atom stereocenters. The number of guanidine groups is 1. The molecular formula is C15H30IN3O2S. The third-order valence-corrected chi connectivity index (χ3v) is 6.67. The maximum atomic E-state index is 11.5. The van der Waals surface area contributed by atoms with E-state index in [9.17, 15) is 8.42 Å². The second-order valence-corrected chi connectivity index (χ2v) is 8.72. The van der Waals surface area contributed by atoms with E-state index in [1.165, 1.54) is 32.1 Å². The number of aliphatic imine (C=N–C) groups is 1. The lowest BCUT2D eigenvalue weighted by atomic mass is 9.81. The van der Waals surface area contributed by atoms with Crippen molar-refractivity contribution in [1.82, 2.24) is 10.6 Å². The molecule has 1 aliphatic heterocycles. The quantitative estimate of drug-likeness (QED) is 0.397. The maximum absolute atomic E-state index is 11.5. The van der Waals surface area contributed by atoms with Gasteiger partial charge in [-0.15, -0.1) is 24.0 Å². The molecule has 2 fully saturated rings. The van der Waals surface area contributed by atoms with Gasteiger partial charge in [-0.1, -0.05) is 26.2 Å². The van der Waals surface area contributed by atoms with Crippen molar-refractivity contribution < 1.29 is 8.42 Å². The molecule has 2 aliphatic rings. The van der Waals surface area contributed by atoms with E-state index in [1.54, 1.807) is 7.05 Å². The molecule has 0 amide bonds. The molecule has 22 heavy (non-hydrogen) atoms. The second kappa shape index (κ2) is 9.30. The number of halogens is 1. The summed E-state index contributed by atoms with van der Waals surface area (Å²) in [6.07, 6.45) is 7.26. The zero-order chi connectivity index (χ0) is 15.3. The molecule has 7 heteroatoms. The first-order chi connectivity index (χ1) is 10.0. The Hall–Kier alpha value is -0.0500. The zero-order valence-electron chi connectivity index (χ0n) is 13.7. The topological polar surface area (TPSA) is 70.6 Å². The van der Waals surface area contributed by atoms with Gasteiger partial charge < -0.3 is 10.6 Å². The van der Waals surface area contributed by atoms with Crippen LogP contribution in [-0.2, 0) is 9.84 Å². The summed E-state index contributed by atoms with van der Waals surface area (Å²) in [6.45, 7) is 3.22. The molecule has 5 nitrogen and oxygen atoms in total. The first kappa shape index (κ1) is 20.0. The van der Waals surface area contributed by atoms with Gasteiger partial charge in [-0.2, -0.15) is 0 Å². The van der Waals surface area contributed by atoms with Crippen LogP contribution in [0.15, 0.2) is 4.99 Å². The number of hydrogen-bond acceptors (Lipinski definition) is 3. The SMILES string of the molecule is CCC1CCC(CNC(=NC)NC2CCS(=O)(=O)C2)CC1.I. The Morgan fingerprint density at radius 2 is 1.77 bits per heavy atom. The summed E-state index contributed by atoms with van der Waals surface area (Å²) in [5.74, 6) is 2.91. The molecule has 0 radical (unpaired) electrons. The fourth-order valence-corrected chi connectivity index (χ4v) is 5.06. The van der Waals surface area contributed by atoms with Crippen molar-refractivity contribution in [3.63, 3.8) is 0 Å². The van der Waals surface area contributed by atoms with Crippen molar-refractivity contribution >= 4 is 39.8 Å². The Morgan fingerprint density at radius 1 is 1.14 bits per heavy atom. The summed E-state index contributed by atoms with van der Waals surface area (Å²) >= 11 is 0. The molecule has 1 heterocycles. The van der Waals surface area contributed by atoms with Crippen molar-refractivity contribution in [2.45, 2.75) is 51.5 Å². The van der Waals surface area contributed by atoms with Gasteiger partial charge in [0, 0.05) is 19.6 Å². The number of nitrogens with zero attached hydrogens (tertiary/aromatic N) is 1. The summed E-state index contributed by atoms with van der Waals surface area (Å²) in [7, 11) is -1.10. The lowest BCUT2D eigenvalue weighted by molar-refractivity contribution is 0.269. The molecule has 130 valence electrons. The van der Waals surface area contributed by atoms with Crippen LogP contribution >= 0.6 is 24.0 Å². The molecular weight excluding hydrogens is 413 g/mol. The molecule has 0 aromatic heterocycles. The molecule has 1 atom stereocenters. The Kier molecular flexibility index (Phi) is 8.45. The van der Waals surface area contributed by atoms with Gasteiger partial charge >= 0.3 is 0 Å². The highest BCUT2D eigenvalue weighted by atomic mass is 127. The molecule has 1 saturated heterocycles. The van der Waals surface area contributed by atoms with Gasteiger partial charge in [0.25, 0.3) is 0 Å². The van der Waals surface area contributed by atoms with E-state index in [4.69, 9.17) is 0 Å². The predicted molar refractivity (Wildman–Crippen MR) is 103 cm³/mol. The normalized spacial score (nSPS) is 31.4. The number of sulfone groups is 1. The van der Waals surface area contributed by atoms with Crippen LogP contribution in [0, 0.1) is 11.8 Å². The zero-order valence-corrected chi connectivity index (χ0v) is 16.8. The van der Waals surface area contributed by atoms with Gasteiger partial charge in [0.2, 0.25) is 0 Å². The number of nitrogens with one attached hydrogen (secondary N) is 2. The molecule has 2 N–H and O–H groups in total. The molecule has 1 saturated carbocycles. The predicted octanol–water partition coefficient (Wildman–Crippen LogP) is 2.17. The summed E-state index contributed by atoms with van der Waals surface area (Å²) < 4.78 is 22.9. The van der Waals surface area contributed by atoms with Crippen LogP contribution in [-0.4, -0.2) is 45.5 Å². The Labute approximate surface area is 152 Å². The van der Waals surface area contributed by atoms with Gasteiger partial charge in [-0.3, -0.25) is 4.99 Å². The van der Waals surface area contributed by atoms with Crippen LogP contribution in [0.1, 0.15) is 45.4 Å². The highest BCUT2D eigenvalue weighted by Crippen LogP contribution is 2.30. The molecule has 0 aromatic carbocycles. The molecule has 0 spiro atoms. The first-order valence-corrected chi connectivity index (χ1v) is 10.0. The largest absolute Gasteiger partial charge is 0.356 e. The van der Waals surface area contributed by atoms with Crippen LogP contribution in [0.25, 0.3) is 0 Å². The lowest BCUT2D eigenvalue weighted by Crippen LogP contribution is -2.45. The van der Waals surface area contributed by atoms with E-state index in [0.29, 0.717) is 12.2 Å². The van der Waals surface area contributed by atoms with Crippen molar-refractivity contribution in [2.75, 3.05) is 25.1 Å². The van der Waals surface area contributed by atoms with Gasteiger partial charge in [-0.05, 0) is 31.1 Å². The molecule has 0 bridgehead atoms. The Bertz CT molecular complexity index is 459. The second-order valence-electron chi connectivity index (χ2n) is 6.49. The van der Waals surface area contributed by atoms with E-state index in [-0.39, 0.29) is 35.8 Å². The molecule has 2 rings (SSSR count). The Balaban J connectivity index is 0.00000242. The van der Waals surface area contributed by atoms with E-state index in [1.807, 2.05) is 0 Å². The molecule has 1 aliphatic carbocycles. The average molecular weight is 443 g/mol. The smallest absolute Gasteiger partial charge is 0.191 e. The standard InChI is InChI=1S/C15H29N3O2S.HI/c1-3-12-4-6-13(7-5-12)10-17-15(16-2)18-14-8-9-21(19,20)11-14;/h12-14H,3-11H2,1-2H3,(H2,16,17,18);1H. The average Bonchev–Trinajstić information content (AvgIpc) is 2.83. The Morgan fingerprint density at radius 3 is 2.27 bits per heavy atom. The summed E-state index contributed by atoms with van der Waals surface area (Å²) in [4.78, 5) is 4.21. The minimum absolute atomic E-state index is 0. The molecule has 0 aromatic rings. The van der Waals surface area contributed by atoms with Crippen LogP contribution in [0.3, 0.4) is 0 Å². The van der Waals surface area contributed by atoms with Crippen LogP contribution in [0.5, 0.6) is 0 Å². The van der Waals surface area contributed by atoms with Crippen molar-refractivity contribution in [3.05, 3.63) is 0 Å². The lowest BCUT2D eigenvalue weighted by Gasteiger charge is -2.28. The van der Waals surface area contributed by atoms with Crippen LogP contribution in [0.2, 0.25) is 0 Å². The number of rotatable bonds is 4. The van der Waals surface area contributed by atoms with Gasteiger partial charge in [0.1, 0.15) is 0 Å². The van der Waals surface area contributed by atoms with Gasteiger partial charge in [0.15, 0.2) is 15.8 Å². The monoisotopic (exact) mass is 443 g/mol. The maximum Gasteiger partial charge on any atom is 0.191 e. The van der Waals surface area contributed by atoms with Crippen molar-refractivity contribution in [3.8, 4) is 0 Å². The highest BCUT2D eigenvalue weighted by molar-refractivity contribution is 14.0. The third-order valence-electron chi connectivity index (χ3n) is 4.90.